The molecule has 0 spiro atoms. The lowest BCUT2D eigenvalue weighted by Gasteiger charge is -2.11. The van der Waals surface area contributed by atoms with Crippen molar-refractivity contribution in [3.63, 3.8) is 0 Å². The maximum atomic E-state index is 12.9. The minimum atomic E-state index is -0.261. The van der Waals surface area contributed by atoms with E-state index in [1.165, 1.54) is 12.1 Å². The van der Waals surface area contributed by atoms with E-state index >= 15 is 0 Å². The summed E-state index contributed by atoms with van der Waals surface area (Å²) in [7, 11) is 0. The lowest BCUT2D eigenvalue weighted by Crippen LogP contribution is -2.01. The molecular formula is C14H13ClFNO. The first-order valence-corrected chi connectivity index (χ1v) is 5.92. The van der Waals surface area contributed by atoms with Crippen LogP contribution < -0.4 is 5.32 Å². The highest BCUT2D eigenvalue weighted by atomic mass is 35.5. The van der Waals surface area contributed by atoms with E-state index in [1.54, 1.807) is 24.3 Å². The van der Waals surface area contributed by atoms with Gasteiger partial charge in [-0.1, -0.05) is 23.7 Å². The number of aromatic hydroxyl groups is 1. The zero-order valence-electron chi connectivity index (χ0n) is 9.87. The fourth-order valence-corrected chi connectivity index (χ4v) is 1.91. The fraction of sp³-hybridized carbons (Fsp3) is 0.143. The van der Waals surface area contributed by atoms with Gasteiger partial charge in [-0.25, -0.2) is 4.39 Å². The molecule has 2 nitrogen and oxygen atoms in total. The van der Waals surface area contributed by atoms with Gasteiger partial charge in [0, 0.05) is 17.8 Å². The number of aryl methyl sites for hydroxylation is 1. The standard InChI is InChI=1S/C14H13ClFNO/c1-9-7-11(16)5-6-13(9)17-8-10-3-2-4-12(15)14(10)18/h2-7,17-18H,8H2,1H3. The topological polar surface area (TPSA) is 32.3 Å². The highest BCUT2D eigenvalue weighted by Crippen LogP contribution is 2.27. The average molecular weight is 266 g/mol. The Bertz CT molecular complexity index is 572. The van der Waals surface area contributed by atoms with Crippen LogP contribution in [0.15, 0.2) is 36.4 Å². The Kier molecular flexibility index (Phi) is 3.72. The number of hydrogen-bond acceptors (Lipinski definition) is 2. The van der Waals surface area contributed by atoms with Gasteiger partial charge in [0.25, 0.3) is 0 Å². The van der Waals surface area contributed by atoms with Crippen molar-refractivity contribution in [3.8, 4) is 5.75 Å². The third kappa shape index (κ3) is 2.74. The quantitative estimate of drug-likeness (QED) is 0.875. The lowest BCUT2D eigenvalue weighted by atomic mass is 10.1. The first-order valence-electron chi connectivity index (χ1n) is 5.54. The van der Waals surface area contributed by atoms with E-state index in [-0.39, 0.29) is 11.6 Å². The summed E-state index contributed by atoms with van der Waals surface area (Å²) in [6.45, 7) is 2.25. The number of phenols is 1. The van der Waals surface area contributed by atoms with Crippen LogP contribution in [-0.2, 0) is 6.54 Å². The molecule has 0 heterocycles. The Balaban J connectivity index is 2.14. The molecule has 0 fully saturated rings. The summed E-state index contributed by atoms with van der Waals surface area (Å²) >= 11 is 5.82. The SMILES string of the molecule is Cc1cc(F)ccc1NCc1cccc(Cl)c1O. The number of benzene rings is 2. The molecule has 4 heteroatoms. The molecule has 0 saturated carbocycles. The number of halogens is 2. The molecule has 2 N–H and O–H groups in total. The fourth-order valence-electron chi connectivity index (χ4n) is 1.72. The van der Waals surface area contributed by atoms with Crippen molar-refractivity contribution in [2.75, 3.05) is 5.32 Å². The first kappa shape index (κ1) is 12.7. The first-order chi connectivity index (χ1) is 8.58. The van der Waals surface area contributed by atoms with E-state index in [9.17, 15) is 9.50 Å². The normalized spacial score (nSPS) is 10.4. The van der Waals surface area contributed by atoms with Gasteiger partial charge in [0.2, 0.25) is 0 Å². The molecule has 2 aromatic rings. The molecule has 0 amide bonds. The number of anilines is 1. The molecule has 0 aromatic heterocycles. The largest absolute Gasteiger partial charge is 0.506 e. The van der Waals surface area contributed by atoms with Crippen LogP contribution in [0.3, 0.4) is 0 Å². The molecule has 0 radical (unpaired) electrons. The molecule has 0 atom stereocenters. The Morgan fingerprint density at radius 2 is 2.06 bits per heavy atom. The van der Waals surface area contributed by atoms with E-state index in [2.05, 4.69) is 5.32 Å². The van der Waals surface area contributed by atoms with Gasteiger partial charge in [0.15, 0.2) is 0 Å². The second kappa shape index (κ2) is 5.27. The Labute approximate surface area is 110 Å². The maximum Gasteiger partial charge on any atom is 0.139 e. The summed E-state index contributed by atoms with van der Waals surface area (Å²) in [5.74, 6) is -0.185. The number of nitrogens with one attached hydrogen (secondary N) is 1. The van der Waals surface area contributed by atoms with Gasteiger partial charge < -0.3 is 10.4 Å². The van der Waals surface area contributed by atoms with Crippen molar-refractivity contribution in [1.82, 2.24) is 0 Å². The lowest BCUT2D eigenvalue weighted by molar-refractivity contribution is 0.469. The third-order valence-corrected chi connectivity index (χ3v) is 3.03. The van der Waals surface area contributed by atoms with E-state index in [1.807, 2.05) is 6.92 Å². The summed E-state index contributed by atoms with van der Waals surface area (Å²) in [6, 6.07) is 9.72. The van der Waals surface area contributed by atoms with Crippen molar-refractivity contribution in [2.45, 2.75) is 13.5 Å². The van der Waals surface area contributed by atoms with Gasteiger partial charge >= 0.3 is 0 Å². The van der Waals surface area contributed by atoms with E-state index in [0.29, 0.717) is 17.1 Å². The van der Waals surface area contributed by atoms with Crippen LogP contribution in [0.5, 0.6) is 5.75 Å². The number of hydrogen-bond donors (Lipinski definition) is 2. The van der Waals surface area contributed by atoms with Gasteiger partial charge in [-0.3, -0.25) is 0 Å². The summed E-state index contributed by atoms with van der Waals surface area (Å²) in [5.41, 5.74) is 2.35. The molecule has 94 valence electrons. The molecule has 0 aliphatic carbocycles. The van der Waals surface area contributed by atoms with Crippen LogP contribution in [-0.4, -0.2) is 5.11 Å². The van der Waals surface area contributed by atoms with E-state index in [0.717, 1.165) is 11.3 Å². The molecule has 0 aliphatic rings. The van der Waals surface area contributed by atoms with Crippen LogP contribution in [0.25, 0.3) is 0 Å². The molecule has 0 aliphatic heterocycles. The van der Waals surface area contributed by atoms with Gasteiger partial charge in [0.1, 0.15) is 11.6 Å². The van der Waals surface area contributed by atoms with Gasteiger partial charge in [-0.05, 0) is 36.8 Å². The van der Waals surface area contributed by atoms with Crippen molar-refractivity contribution in [1.29, 1.82) is 0 Å². The second-order valence-electron chi connectivity index (χ2n) is 4.06. The van der Waals surface area contributed by atoms with Crippen LogP contribution >= 0.6 is 11.6 Å². The predicted molar refractivity (Wildman–Crippen MR) is 71.6 cm³/mol. The monoisotopic (exact) mass is 265 g/mol. The van der Waals surface area contributed by atoms with E-state index < -0.39 is 0 Å². The third-order valence-electron chi connectivity index (χ3n) is 2.73. The van der Waals surface area contributed by atoms with Crippen LogP contribution in [0, 0.1) is 12.7 Å². The van der Waals surface area contributed by atoms with Crippen molar-refractivity contribution < 1.29 is 9.50 Å². The van der Waals surface area contributed by atoms with E-state index in [4.69, 9.17) is 11.6 Å². The highest BCUT2D eigenvalue weighted by molar-refractivity contribution is 6.32. The predicted octanol–water partition coefficient (Wildman–Crippen LogP) is 4.11. The molecule has 2 rings (SSSR count). The molecular weight excluding hydrogens is 253 g/mol. The van der Waals surface area contributed by atoms with Crippen molar-refractivity contribution >= 4 is 17.3 Å². The summed E-state index contributed by atoms with van der Waals surface area (Å²) in [5, 5.41) is 13.2. The number of phenolic OH excluding ortho intramolecular Hbond substituents is 1. The molecule has 0 saturated heterocycles. The minimum Gasteiger partial charge on any atom is -0.506 e. The Hall–Kier alpha value is -1.74. The summed E-state index contributed by atoms with van der Waals surface area (Å²) in [4.78, 5) is 0. The Morgan fingerprint density at radius 3 is 2.78 bits per heavy atom. The maximum absolute atomic E-state index is 12.9. The smallest absolute Gasteiger partial charge is 0.139 e. The summed E-state index contributed by atoms with van der Waals surface area (Å²) < 4.78 is 12.9. The summed E-state index contributed by atoms with van der Waals surface area (Å²) in [6.07, 6.45) is 0. The molecule has 18 heavy (non-hydrogen) atoms. The zero-order valence-corrected chi connectivity index (χ0v) is 10.6. The van der Waals surface area contributed by atoms with Crippen molar-refractivity contribution in [2.24, 2.45) is 0 Å². The number of para-hydroxylation sites is 1. The molecule has 0 unspecified atom stereocenters. The Morgan fingerprint density at radius 1 is 1.28 bits per heavy atom. The molecule has 2 aromatic carbocycles. The number of rotatable bonds is 3. The van der Waals surface area contributed by atoms with Gasteiger partial charge in [-0.2, -0.15) is 0 Å². The van der Waals surface area contributed by atoms with Crippen LogP contribution in [0.2, 0.25) is 5.02 Å². The van der Waals surface area contributed by atoms with Crippen LogP contribution in [0.1, 0.15) is 11.1 Å². The van der Waals surface area contributed by atoms with Gasteiger partial charge in [-0.15, -0.1) is 0 Å². The molecule has 0 bridgehead atoms. The minimum absolute atomic E-state index is 0.0754. The van der Waals surface area contributed by atoms with Crippen molar-refractivity contribution in [3.05, 3.63) is 58.4 Å². The zero-order chi connectivity index (χ0) is 13.1. The average Bonchev–Trinajstić information content (AvgIpc) is 2.33. The van der Waals surface area contributed by atoms with Gasteiger partial charge in [0.05, 0.1) is 5.02 Å². The van der Waals surface area contributed by atoms with Crippen LogP contribution in [0.4, 0.5) is 10.1 Å². The second-order valence-corrected chi connectivity index (χ2v) is 4.47. The highest BCUT2D eigenvalue weighted by Gasteiger charge is 2.05.